The van der Waals surface area contributed by atoms with Crippen LogP contribution in [-0.2, 0) is 4.79 Å². The van der Waals surface area contributed by atoms with Gasteiger partial charge in [0, 0.05) is 12.2 Å². The Hall–Kier alpha value is -0.773. The Morgan fingerprint density at radius 3 is 2.40 bits per heavy atom. The lowest BCUT2D eigenvalue weighted by atomic mass is 10.1. The lowest BCUT2D eigenvalue weighted by molar-refractivity contribution is -0.132. The average Bonchev–Trinajstić information content (AvgIpc) is 2.45. The van der Waals surface area contributed by atoms with E-state index in [4.69, 9.17) is 5.11 Å². The summed E-state index contributed by atoms with van der Waals surface area (Å²) in [6.45, 7) is 9.56. The molecule has 1 saturated heterocycles. The molecule has 1 aliphatic heterocycles. The van der Waals surface area contributed by atoms with Gasteiger partial charge >= 0.3 is 5.97 Å². The molecule has 0 aromatic heterocycles. The first-order valence-corrected chi connectivity index (χ1v) is 8.76. The Bertz CT molecular complexity index is 297. The first-order chi connectivity index (χ1) is 6.90. The number of carbonyl (C=O) groups is 1. The summed E-state index contributed by atoms with van der Waals surface area (Å²) in [4.78, 5) is 11.1. The molecule has 0 saturated carbocycles. The number of hydrogen-bond donors (Lipinski definition) is 1. The second-order valence-corrected chi connectivity index (χ2v) is 9.45. The molecule has 3 nitrogen and oxygen atoms in total. The normalized spacial score (nSPS) is 21.5. The van der Waals surface area contributed by atoms with E-state index in [1.165, 1.54) is 12.5 Å². The van der Waals surface area contributed by atoms with Crippen LogP contribution in [0.2, 0.25) is 19.1 Å². The molecule has 4 heteroatoms. The Morgan fingerprint density at radius 1 is 1.47 bits per heavy atom. The van der Waals surface area contributed by atoms with Gasteiger partial charge in [0.2, 0.25) is 0 Å². The molecule has 15 heavy (non-hydrogen) atoms. The van der Waals surface area contributed by atoms with E-state index in [9.17, 15) is 4.79 Å². The van der Waals surface area contributed by atoms with Gasteiger partial charge in [0.25, 0.3) is 0 Å². The maximum absolute atomic E-state index is 11.1. The van der Waals surface area contributed by atoms with Crippen LogP contribution in [0.1, 0.15) is 26.7 Å². The van der Waals surface area contributed by atoms with Gasteiger partial charge in [0.1, 0.15) is 8.24 Å². The van der Waals surface area contributed by atoms with Crippen LogP contribution in [0.3, 0.4) is 0 Å². The van der Waals surface area contributed by atoms with Crippen LogP contribution >= 0.6 is 0 Å². The molecule has 1 aliphatic rings. The maximum Gasteiger partial charge on any atom is 0.333 e. The van der Waals surface area contributed by atoms with Gasteiger partial charge < -0.3 is 9.67 Å². The molecular formula is C11H21NO2Si. The summed E-state index contributed by atoms with van der Waals surface area (Å²) in [5.41, 5.74) is 1.58. The highest BCUT2D eigenvalue weighted by atomic mass is 28.3. The minimum atomic E-state index is -1.35. The van der Waals surface area contributed by atoms with Crippen molar-refractivity contribution in [2.45, 2.75) is 45.8 Å². The zero-order chi connectivity index (χ0) is 11.6. The van der Waals surface area contributed by atoms with Gasteiger partial charge in [0.05, 0.1) is 5.57 Å². The molecule has 0 aromatic carbocycles. The third kappa shape index (κ3) is 2.42. The summed E-state index contributed by atoms with van der Waals surface area (Å²) in [5.74, 6) is -0.758. The molecular weight excluding hydrogens is 206 g/mol. The van der Waals surface area contributed by atoms with Crippen LogP contribution < -0.4 is 0 Å². The van der Waals surface area contributed by atoms with E-state index in [0.29, 0.717) is 12.0 Å². The number of hydrogen-bond acceptors (Lipinski definition) is 2. The van der Waals surface area contributed by atoms with Gasteiger partial charge in [-0.25, -0.2) is 4.79 Å². The standard InChI is InChI=1S/C11H21NO2Si/c1-5-10(11(13)14)9(2)12-7-6-8-15(12,3)4/h5-8H2,1-4H3,(H,13,14)/b10-9-. The highest BCUT2D eigenvalue weighted by Crippen LogP contribution is 2.30. The third-order valence-corrected chi connectivity index (χ3v) is 6.95. The van der Waals surface area contributed by atoms with Gasteiger partial charge in [0.15, 0.2) is 0 Å². The van der Waals surface area contributed by atoms with E-state index in [1.807, 2.05) is 13.8 Å². The van der Waals surface area contributed by atoms with Crippen molar-refractivity contribution < 1.29 is 9.90 Å². The molecule has 0 amide bonds. The first kappa shape index (κ1) is 12.3. The van der Waals surface area contributed by atoms with Crippen molar-refractivity contribution in [3.05, 3.63) is 11.3 Å². The minimum absolute atomic E-state index is 0.581. The van der Waals surface area contributed by atoms with Crippen molar-refractivity contribution in [3.63, 3.8) is 0 Å². The molecule has 0 unspecified atom stereocenters. The molecule has 0 atom stereocenters. The van der Waals surface area contributed by atoms with E-state index >= 15 is 0 Å². The molecule has 86 valence electrons. The second-order valence-electron chi connectivity index (χ2n) is 4.79. The van der Waals surface area contributed by atoms with Crippen LogP contribution in [-0.4, -0.2) is 30.4 Å². The smallest absolute Gasteiger partial charge is 0.333 e. The molecule has 0 radical (unpaired) electrons. The predicted octanol–water partition coefficient (Wildman–Crippen LogP) is 2.67. The number of nitrogens with zero attached hydrogens (tertiary/aromatic N) is 1. The number of carboxylic acids is 1. The summed E-state index contributed by atoms with van der Waals surface area (Å²) < 4.78 is 2.37. The second kappa shape index (κ2) is 4.39. The predicted molar refractivity (Wildman–Crippen MR) is 64.2 cm³/mol. The zero-order valence-corrected chi connectivity index (χ0v) is 11.1. The Morgan fingerprint density at radius 2 is 2.07 bits per heavy atom. The number of rotatable bonds is 3. The number of carboxylic acid groups (broad SMARTS) is 1. The van der Waals surface area contributed by atoms with E-state index in [0.717, 1.165) is 12.2 Å². The largest absolute Gasteiger partial charge is 0.478 e. The van der Waals surface area contributed by atoms with Crippen molar-refractivity contribution in [1.29, 1.82) is 0 Å². The summed E-state index contributed by atoms with van der Waals surface area (Å²) in [7, 11) is -1.35. The highest BCUT2D eigenvalue weighted by Gasteiger charge is 2.35. The topological polar surface area (TPSA) is 40.5 Å². The fraction of sp³-hybridized carbons (Fsp3) is 0.727. The zero-order valence-electron chi connectivity index (χ0n) is 10.1. The fourth-order valence-corrected chi connectivity index (χ4v) is 5.55. The molecule has 1 heterocycles. The Balaban J connectivity index is 3.00. The fourth-order valence-electron chi connectivity index (χ4n) is 2.45. The molecule has 1 fully saturated rings. The van der Waals surface area contributed by atoms with Gasteiger partial charge in [-0.05, 0) is 25.8 Å². The maximum atomic E-state index is 11.1. The lowest BCUT2D eigenvalue weighted by Crippen LogP contribution is -2.42. The van der Waals surface area contributed by atoms with Crippen molar-refractivity contribution in [2.24, 2.45) is 0 Å². The van der Waals surface area contributed by atoms with Crippen molar-refractivity contribution in [2.75, 3.05) is 6.54 Å². The van der Waals surface area contributed by atoms with Crippen molar-refractivity contribution in [1.82, 2.24) is 4.57 Å². The van der Waals surface area contributed by atoms with Crippen LogP contribution in [0.25, 0.3) is 0 Å². The van der Waals surface area contributed by atoms with Crippen molar-refractivity contribution >= 4 is 14.2 Å². The summed E-state index contributed by atoms with van der Waals surface area (Å²) in [6, 6.07) is 1.28. The monoisotopic (exact) mass is 227 g/mol. The number of allylic oxidation sites excluding steroid dienone is 1. The molecule has 0 bridgehead atoms. The van der Waals surface area contributed by atoms with Crippen LogP contribution in [0, 0.1) is 0 Å². The van der Waals surface area contributed by atoms with E-state index in [-0.39, 0.29) is 0 Å². The molecule has 0 aromatic rings. The minimum Gasteiger partial charge on any atom is -0.478 e. The molecule has 0 spiro atoms. The summed E-state index contributed by atoms with van der Waals surface area (Å²) >= 11 is 0. The van der Waals surface area contributed by atoms with Crippen LogP contribution in [0.15, 0.2) is 11.3 Å². The quantitative estimate of drug-likeness (QED) is 0.595. The summed E-state index contributed by atoms with van der Waals surface area (Å²) in [5, 5.41) is 9.11. The van der Waals surface area contributed by atoms with Crippen LogP contribution in [0.5, 0.6) is 0 Å². The lowest BCUT2D eigenvalue weighted by Gasteiger charge is -2.33. The highest BCUT2D eigenvalue weighted by molar-refractivity contribution is 6.75. The molecule has 1 rings (SSSR count). The van der Waals surface area contributed by atoms with Crippen molar-refractivity contribution in [3.8, 4) is 0 Å². The van der Waals surface area contributed by atoms with Gasteiger partial charge in [-0.3, -0.25) is 0 Å². The average molecular weight is 227 g/mol. The van der Waals surface area contributed by atoms with Gasteiger partial charge in [-0.2, -0.15) is 0 Å². The van der Waals surface area contributed by atoms with Gasteiger partial charge in [-0.1, -0.05) is 20.0 Å². The molecule has 0 aliphatic carbocycles. The van der Waals surface area contributed by atoms with E-state index in [2.05, 4.69) is 17.7 Å². The first-order valence-electron chi connectivity index (χ1n) is 5.61. The Labute approximate surface area is 92.9 Å². The Kier molecular flexibility index (Phi) is 3.60. The van der Waals surface area contributed by atoms with E-state index < -0.39 is 14.2 Å². The summed E-state index contributed by atoms with van der Waals surface area (Å²) in [6.07, 6.45) is 1.83. The number of aliphatic carboxylic acids is 1. The van der Waals surface area contributed by atoms with Gasteiger partial charge in [-0.15, -0.1) is 0 Å². The molecule has 1 N–H and O–H groups in total. The third-order valence-electron chi connectivity index (χ3n) is 3.35. The SMILES string of the molecule is CC/C(C(=O)O)=C(\C)N1CCC[Si]1(C)C. The van der Waals surface area contributed by atoms with Crippen LogP contribution in [0.4, 0.5) is 0 Å². The van der Waals surface area contributed by atoms with E-state index in [1.54, 1.807) is 0 Å².